The molecule has 2 rings (SSSR count). The maximum absolute atomic E-state index is 13.4. The highest BCUT2D eigenvalue weighted by Crippen LogP contribution is 2.19. The molecule has 0 amide bonds. The van der Waals surface area contributed by atoms with Crippen LogP contribution in [0.1, 0.15) is 23.2 Å². The molecule has 4 heteroatoms. The summed E-state index contributed by atoms with van der Waals surface area (Å²) in [5.41, 5.74) is -0.131. The Morgan fingerprint density at radius 3 is 2.88 bits per heavy atom. The number of hydrogen-bond donors (Lipinski definition) is 1. The summed E-state index contributed by atoms with van der Waals surface area (Å²) in [7, 11) is 0. The first-order chi connectivity index (χ1) is 7.68. The molecule has 1 aromatic carbocycles. The van der Waals surface area contributed by atoms with Crippen LogP contribution in [0, 0.1) is 17.6 Å². The van der Waals surface area contributed by atoms with Crippen molar-refractivity contribution in [3.63, 3.8) is 0 Å². The zero-order valence-corrected chi connectivity index (χ0v) is 8.80. The maximum Gasteiger partial charge on any atom is 0.170 e. The smallest absolute Gasteiger partial charge is 0.170 e. The van der Waals surface area contributed by atoms with E-state index in [0.717, 1.165) is 37.6 Å². The van der Waals surface area contributed by atoms with Crippen LogP contribution in [-0.4, -0.2) is 18.9 Å². The monoisotopic (exact) mass is 225 g/mol. The van der Waals surface area contributed by atoms with Gasteiger partial charge < -0.3 is 5.32 Å². The van der Waals surface area contributed by atoms with E-state index >= 15 is 0 Å². The molecule has 1 unspecified atom stereocenters. The third-order valence-electron chi connectivity index (χ3n) is 2.86. The SMILES string of the molecule is O=C(c1cc(F)ccc1F)C1CCCNC1. The fourth-order valence-corrected chi connectivity index (χ4v) is 1.98. The second-order valence-electron chi connectivity index (χ2n) is 4.03. The van der Waals surface area contributed by atoms with E-state index in [1.807, 2.05) is 0 Å². The zero-order valence-electron chi connectivity index (χ0n) is 8.80. The first-order valence-corrected chi connectivity index (χ1v) is 5.38. The Labute approximate surface area is 92.7 Å². The van der Waals surface area contributed by atoms with Crippen molar-refractivity contribution in [3.05, 3.63) is 35.4 Å². The molecule has 1 N–H and O–H groups in total. The van der Waals surface area contributed by atoms with Crippen LogP contribution in [0.5, 0.6) is 0 Å². The Morgan fingerprint density at radius 2 is 2.19 bits per heavy atom. The Kier molecular flexibility index (Phi) is 3.29. The molecule has 1 aliphatic rings. The van der Waals surface area contributed by atoms with E-state index in [2.05, 4.69) is 5.32 Å². The minimum absolute atomic E-state index is 0.131. The van der Waals surface area contributed by atoms with Crippen LogP contribution in [0.2, 0.25) is 0 Å². The Hall–Kier alpha value is -1.29. The fourth-order valence-electron chi connectivity index (χ4n) is 1.98. The third kappa shape index (κ3) is 2.27. The number of nitrogens with one attached hydrogen (secondary N) is 1. The molecule has 0 bridgehead atoms. The van der Waals surface area contributed by atoms with Gasteiger partial charge in [0.05, 0.1) is 5.56 Å². The predicted molar refractivity (Wildman–Crippen MR) is 56.3 cm³/mol. The zero-order chi connectivity index (χ0) is 11.5. The van der Waals surface area contributed by atoms with E-state index in [1.165, 1.54) is 0 Å². The molecule has 0 saturated carbocycles. The summed E-state index contributed by atoms with van der Waals surface area (Å²) < 4.78 is 26.3. The summed E-state index contributed by atoms with van der Waals surface area (Å²) in [6.45, 7) is 1.43. The number of Topliss-reactive ketones (excluding diaryl/α,β-unsaturated/α-hetero) is 1. The molecule has 86 valence electrons. The summed E-state index contributed by atoms with van der Waals surface area (Å²) in [5, 5.41) is 3.08. The van der Waals surface area contributed by atoms with Gasteiger partial charge in [-0.3, -0.25) is 4.79 Å². The van der Waals surface area contributed by atoms with Gasteiger partial charge in [-0.25, -0.2) is 8.78 Å². The van der Waals surface area contributed by atoms with Crippen molar-refractivity contribution in [3.8, 4) is 0 Å². The van der Waals surface area contributed by atoms with E-state index in [4.69, 9.17) is 0 Å². The molecule has 0 radical (unpaired) electrons. The van der Waals surface area contributed by atoms with Gasteiger partial charge in [0.25, 0.3) is 0 Å². The molecule has 16 heavy (non-hydrogen) atoms. The van der Waals surface area contributed by atoms with Crippen molar-refractivity contribution < 1.29 is 13.6 Å². The van der Waals surface area contributed by atoms with Gasteiger partial charge in [-0.1, -0.05) is 0 Å². The third-order valence-corrected chi connectivity index (χ3v) is 2.86. The normalized spacial score (nSPS) is 20.8. The highest BCUT2D eigenvalue weighted by molar-refractivity contribution is 5.98. The Bertz CT molecular complexity index is 400. The number of halogens is 2. The van der Waals surface area contributed by atoms with E-state index < -0.39 is 11.6 Å². The lowest BCUT2D eigenvalue weighted by atomic mass is 9.91. The fraction of sp³-hybridized carbons (Fsp3) is 0.417. The summed E-state index contributed by atoms with van der Waals surface area (Å²) in [4.78, 5) is 11.9. The van der Waals surface area contributed by atoms with Crippen molar-refractivity contribution >= 4 is 5.78 Å². The maximum atomic E-state index is 13.4. The molecular formula is C12H13F2NO. The van der Waals surface area contributed by atoms with Crippen LogP contribution in [0.4, 0.5) is 8.78 Å². The number of carbonyl (C=O) groups excluding carboxylic acids is 1. The average molecular weight is 225 g/mol. The minimum atomic E-state index is -0.642. The van der Waals surface area contributed by atoms with Crippen LogP contribution >= 0.6 is 0 Å². The summed E-state index contributed by atoms with van der Waals surface area (Å²) in [5.74, 6) is -1.75. The van der Waals surface area contributed by atoms with Gasteiger partial charge in [0, 0.05) is 12.5 Å². The van der Waals surface area contributed by atoms with Crippen molar-refractivity contribution in [1.82, 2.24) is 5.32 Å². The van der Waals surface area contributed by atoms with Gasteiger partial charge in [-0.05, 0) is 37.6 Å². The van der Waals surface area contributed by atoms with Crippen LogP contribution in [0.25, 0.3) is 0 Å². The molecule has 1 atom stereocenters. The minimum Gasteiger partial charge on any atom is -0.316 e. The summed E-state index contributed by atoms with van der Waals surface area (Å²) in [6.07, 6.45) is 1.63. The van der Waals surface area contributed by atoms with Gasteiger partial charge in [-0.2, -0.15) is 0 Å². The number of carbonyl (C=O) groups is 1. The molecule has 1 heterocycles. The molecule has 0 aliphatic carbocycles. The predicted octanol–water partition coefficient (Wildman–Crippen LogP) is 2.15. The van der Waals surface area contributed by atoms with Gasteiger partial charge in [-0.15, -0.1) is 0 Å². The summed E-state index contributed by atoms with van der Waals surface area (Å²) in [6, 6.07) is 3.00. The first kappa shape index (κ1) is 11.2. The molecule has 1 aromatic rings. The molecule has 0 spiro atoms. The Morgan fingerprint density at radius 1 is 1.38 bits per heavy atom. The van der Waals surface area contributed by atoms with Gasteiger partial charge in [0.15, 0.2) is 5.78 Å². The summed E-state index contributed by atoms with van der Waals surface area (Å²) >= 11 is 0. The molecule has 1 aliphatic heterocycles. The van der Waals surface area contributed by atoms with Crippen LogP contribution in [0.15, 0.2) is 18.2 Å². The van der Waals surface area contributed by atoms with E-state index in [-0.39, 0.29) is 17.3 Å². The van der Waals surface area contributed by atoms with E-state index in [0.29, 0.717) is 6.54 Å². The topological polar surface area (TPSA) is 29.1 Å². The highest BCUT2D eigenvalue weighted by atomic mass is 19.1. The lowest BCUT2D eigenvalue weighted by molar-refractivity contribution is 0.0895. The standard InChI is InChI=1S/C12H13F2NO/c13-9-3-4-11(14)10(6-9)12(16)8-2-1-5-15-7-8/h3-4,6,8,15H,1-2,5,7H2. The number of rotatable bonds is 2. The van der Waals surface area contributed by atoms with E-state index in [1.54, 1.807) is 0 Å². The second kappa shape index (κ2) is 4.70. The number of benzene rings is 1. The Balaban J connectivity index is 2.22. The molecular weight excluding hydrogens is 212 g/mol. The molecule has 1 fully saturated rings. The van der Waals surface area contributed by atoms with Crippen LogP contribution in [-0.2, 0) is 0 Å². The number of ketones is 1. The van der Waals surface area contributed by atoms with E-state index in [9.17, 15) is 13.6 Å². The van der Waals surface area contributed by atoms with Crippen molar-refractivity contribution in [1.29, 1.82) is 0 Å². The highest BCUT2D eigenvalue weighted by Gasteiger charge is 2.24. The largest absolute Gasteiger partial charge is 0.316 e. The number of hydrogen-bond acceptors (Lipinski definition) is 2. The lowest BCUT2D eigenvalue weighted by Crippen LogP contribution is -2.34. The van der Waals surface area contributed by atoms with Crippen molar-refractivity contribution in [2.24, 2.45) is 5.92 Å². The van der Waals surface area contributed by atoms with Gasteiger partial charge >= 0.3 is 0 Å². The molecule has 2 nitrogen and oxygen atoms in total. The first-order valence-electron chi connectivity index (χ1n) is 5.38. The second-order valence-corrected chi connectivity index (χ2v) is 4.03. The lowest BCUT2D eigenvalue weighted by Gasteiger charge is -2.21. The van der Waals surface area contributed by atoms with Crippen molar-refractivity contribution in [2.45, 2.75) is 12.8 Å². The van der Waals surface area contributed by atoms with Crippen LogP contribution in [0.3, 0.4) is 0 Å². The van der Waals surface area contributed by atoms with Gasteiger partial charge in [0.1, 0.15) is 11.6 Å². The van der Waals surface area contributed by atoms with Crippen molar-refractivity contribution in [2.75, 3.05) is 13.1 Å². The average Bonchev–Trinajstić information content (AvgIpc) is 2.32. The number of piperidine rings is 1. The quantitative estimate of drug-likeness (QED) is 0.781. The van der Waals surface area contributed by atoms with Gasteiger partial charge in [0.2, 0.25) is 0 Å². The van der Waals surface area contributed by atoms with Crippen LogP contribution < -0.4 is 5.32 Å². The molecule has 0 aromatic heterocycles. The molecule has 1 saturated heterocycles.